The number of benzene rings is 2. The van der Waals surface area contributed by atoms with Crippen molar-refractivity contribution in [3.05, 3.63) is 60.2 Å². The number of hydrogen-bond donors (Lipinski definition) is 0. The molecule has 0 amide bonds. The Hall–Kier alpha value is -2.16. The molecular weight excluding hydrogens is 346 g/mol. The number of methoxy groups -OCH3 is 1. The molecule has 0 saturated heterocycles. The predicted octanol–water partition coefficient (Wildman–Crippen LogP) is 4.21. The van der Waals surface area contributed by atoms with Gasteiger partial charge in [0.1, 0.15) is 16.9 Å². The first-order valence-corrected chi connectivity index (χ1v) is 8.67. The second-order valence-electron chi connectivity index (χ2n) is 4.83. The normalized spacial score (nSPS) is 12.7. The highest BCUT2D eigenvalue weighted by Crippen LogP contribution is 2.36. The van der Waals surface area contributed by atoms with Crippen LogP contribution in [0, 0.1) is 11.3 Å². The molecule has 0 fully saturated rings. The molecule has 0 radical (unpaired) electrons. The molecule has 0 aliphatic carbocycles. The van der Waals surface area contributed by atoms with E-state index in [4.69, 9.17) is 26.3 Å². The van der Waals surface area contributed by atoms with E-state index in [0.29, 0.717) is 11.5 Å². The minimum atomic E-state index is -0.772. The first-order chi connectivity index (χ1) is 11.6. The van der Waals surface area contributed by atoms with Crippen molar-refractivity contribution in [3.8, 4) is 17.6 Å². The number of esters is 1. The molecule has 0 aromatic heterocycles. The fourth-order valence-corrected chi connectivity index (χ4v) is 3.35. The van der Waals surface area contributed by atoms with Gasteiger partial charge in [-0.2, -0.15) is 5.26 Å². The molecule has 6 heteroatoms. The molecule has 2 rings (SSSR count). The van der Waals surface area contributed by atoms with Crippen molar-refractivity contribution in [2.24, 2.45) is 0 Å². The maximum Gasteiger partial charge on any atom is 0.321 e. The van der Waals surface area contributed by atoms with E-state index in [0.717, 1.165) is 5.56 Å². The molecule has 0 heterocycles. The van der Waals surface area contributed by atoms with E-state index in [1.807, 2.05) is 36.4 Å². The van der Waals surface area contributed by atoms with Crippen molar-refractivity contribution >= 4 is 29.3 Å². The summed E-state index contributed by atoms with van der Waals surface area (Å²) in [5.41, 5.74) is 0.827. The van der Waals surface area contributed by atoms with Crippen LogP contribution in [-0.4, -0.2) is 24.2 Å². The maximum absolute atomic E-state index is 12.0. The molecule has 4 nitrogen and oxygen atoms in total. The van der Waals surface area contributed by atoms with Crippen LogP contribution in [0.1, 0.15) is 10.8 Å². The number of hydrogen-bond acceptors (Lipinski definition) is 5. The summed E-state index contributed by atoms with van der Waals surface area (Å²) in [4.78, 5) is 12.0. The Morgan fingerprint density at radius 1 is 1.21 bits per heavy atom. The predicted molar refractivity (Wildman–Crippen MR) is 95.5 cm³/mol. The highest BCUT2D eigenvalue weighted by Gasteiger charge is 2.23. The summed E-state index contributed by atoms with van der Waals surface area (Å²) in [6.45, 7) is 0. The molecule has 0 N–H and O–H groups in total. The average molecular weight is 362 g/mol. The van der Waals surface area contributed by atoms with Crippen molar-refractivity contribution in [1.82, 2.24) is 0 Å². The Labute approximate surface area is 150 Å². The van der Waals surface area contributed by atoms with Gasteiger partial charge in [0.25, 0.3) is 0 Å². The molecule has 2 aromatic rings. The number of alkyl halides is 1. The average Bonchev–Trinajstić information content (AvgIpc) is 2.62. The molecule has 0 saturated carbocycles. The lowest BCUT2D eigenvalue weighted by molar-refractivity contribution is -0.131. The zero-order valence-corrected chi connectivity index (χ0v) is 14.6. The number of ether oxygens (including phenoxy) is 2. The van der Waals surface area contributed by atoms with Crippen LogP contribution in [0.3, 0.4) is 0 Å². The van der Waals surface area contributed by atoms with Gasteiger partial charge in [0.2, 0.25) is 0 Å². The van der Waals surface area contributed by atoms with Crippen LogP contribution in [0.5, 0.6) is 11.5 Å². The number of nitrogens with zero attached hydrogens (tertiary/aromatic N) is 1. The molecule has 2 aromatic carbocycles. The molecule has 0 bridgehead atoms. The molecule has 124 valence electrons. The minimum Gasteiger partial charge on any atom is -0.497 e. The van der Waals surface area contributed by atoms with Crippen LogP contribution in [-0.2, 0) is 4.79 Å². The van der Waals surface area contributed by atoms with E-state index in [1.165, 1.54) is 11.8 Å². The van der Waals surface area contributed by atoms with Crippen molar-refractivity contribution in [2.75, 3.05) is 12.9 Å². The first kappa shape index (κ1) is 18.2. The van der Waals surface area contributed by atoms with Crippen molar-refractivity contribution in [3.63, 3.8) is 0 Å². The van der Waals surface area contributed by atoms with Crippen molar-refractivity contribution in [2.45, 2.75) is 10.6 Å². The molecular formula is C18H16ClNO3S. The highest BCUT2D eigenvalue weighted by atomic mass is 35.5. The lowest BCUT2D eigenvalue weighted by Gasteiger charge is -2.18. The summed E-state index contributed by atoms with van der Waals surface area (Å²) in [7, 11) is 1.57. The van der Waals surface area contributed by atoms with E-state index in [1.54, 1.807) is 31.4 Å². The first-order valence-electron chi connectivity index (χ1n) is 7.19. The second-order valence-corrected chi connectivity index (χ2v) is 6.43. The third-order valence-electron chi connectivity index (χ3n) is 3.17. The Kier molecular flexibility index (Phi) is 6.98. The highest BCUT2D eigenvalue weighted by molar-refractivity contribution is 8.00. The molecule has 24 heavy (non-hydrogen) atoms. The van der Waals surface area contributed by atoms with Crippen LogP contribution < -0.4 is 9.47 Å². The Morgan fingerprint density at radius 2 is 1.92 bits per heavy atom. The van der Waals surface area contributed by atoms with Crippen molar-refractivity contribution in [1.29, 1.82) is 5.26 Å². The number of nitriles is 1. The summed E-state index contributed by atoms with van der Waals surface area (Å²) in [5, 5.41) is 8.01. The number of rotatable bonds is 7. The van der Waals surface area contributed by atoms with Gasteiger partial charge in [-0.15, -0.1) is 23.4 Å². The van der Waals surface area contributed by atoms with Crippen LogP contribution in [0.2, 0.25) is 0 Å². The second kappa shape index (κ2) is 9.21. The quantitative estimate of drug-likeness (QED) is 0.420. The molecule has 0 aliphatic rings. The Balaban J connectivity index is 2.04. The summed E-state index contributed by atoms with van der Waals surface area (Å²) >= 11 is 7.40. The zero-order chi connectivity index (χ0) is 17.4. The van der Waals surface area contributed by atoms with Gasteiger partial charge in [-0.1, -0.05) is 30.3 Å². The van der Waals surface area contributed by atoms with Gasteiger partial charge in [-0.3, -0.25) is 4.79 Å². The smallest absolute Gasteiger partial charge is 0.321 e. The van der Waals surface area contributed by atoms with Gasteiger partial charge in [0.15, 0.2) is 0 Å². The van der Waals surface area contributed by atoms with Gasteiger partial charge < -0.3 is 9.47 Å². The summed E-state index contributed by atoms with van der Waals surface area (Å²) < 4.78 is 10.4. The van der Waals surface area contributed by atoms with Gasteiger partial charge >= 0.3 is 5.97 Å². The summed E-state index contributed by atoms with van der Waals surface area (Å²) in [6, 6.07) is 18.2. The van der Waals surface area contributed by atoms with E-state index in [-0.39, 0.29) is 17.0 Å². The number of carbonyl (C=O) groups excluding carboxylic acids is 1. The number of thioether (sulfide) groups is 1. The van der Waals surface area contributed by atoms with Gasteiger partial charge in [-0.25, -0.2) is 0 Å². The lowest BCUT2D eigenvalue weighted by atomic mass is 10.1. The van der Waals surface area contributed by atoms with Crippen LogP contribution in [0.15, 0.2) is 54.6 Å². The SMILES string of the molecule is COc1cccc(C(SCC(=O)Oc2ccccc2)C(Cl)C#N)c1. The number of carbonyl (C=O) groups is 1. The van der Waals surface area contributed by atoms with Crippen molar-refractivity contribution < 1.29 is 14.3 Å². The fraction of sp³-hybridized carbons (Fsp3) is 0.222. The van der Waals surface area contributed by atoms with E-state index in [2.05, 4.69) is 0 Å². The lowest BCUT2D eigenvalue weighted by Crippen LogP contribution is -2.15. The minimum absolute atomic E-state index is 0.0850. The molecule has 0 spiro atoms. The van der Waals surface area contributed by atoms with Crippen LogP contribution >= 0.6 is 23.4 Å². The van der Waals surface area contributed by atoms with Gasteiger partial charge in [0, 0.05) is 0 Å². The molecule has 2 atom stereocenters. The van der Waals surface area contributed by atoms with Crippen LogP contribution in [0.25, 0.3) is 0 Å². The Bertz CT molecular complexity index is 718. The van der Waals surface area contributed by atoms with E-state index >= 15 is 0 Å². The van der Waals surface area contributed by atoms with Gasteiger partial charge in [0.05, 0.1) is 24.2 Å². The monoisotopic (exact) mass is 361 g/mol. The van der Waals surface area contributed by atoms with E-state index in [9.17, 15) is 4.79 Å². The summed E-state index contributed by atoms with van der Waals surface area (Å²) in [5.74, 6) is 0.859. The molecule has 0 aliphatic heterocycles. The molecule has 2 unspecified atom stereocenters. The van der Waals surface area contributed by atoms with Gasteiger partial charge in [-0.05, 0) is 29.8 Å². The topological polar surface area (TPSA) is 59.3 Å². The summed E-state index contributed by atoms with van der Waals surface area (Å²) in [6.07, 6.45) is 0. The maximum atomic E-state index is 12.0. The van der Waals surface area contributed by atoms with Crippen LogP contribution in [0.4, 0.5) is 0 Å². The number of para-hydroxylation sites is 1. The zero-order valence-electron chi connectivity index (χ0n) is 13.0. The third kappa shape index (κ3) is 5.19. The number of halogens is 1. The standard InChI is InChI=1S/C18H16ClNO3S/c1-22-15-9-5-6-13(10-15)18(16(19)11-20)24-12-17(21)23-14-7-3-2-4-8-14/h2-10,16,18H,12H2,1H3. The Morgan fingerprint density at radius 3 is 2.58 bits per heavy atom. The largest absolute Gasteiger partial charge is 0.497 e. The third-order valence-corrected chi connectivity index (χ3v) is 4.97. The fourth-order valence-electron chi connectivity index (χ4n) is 2.04. The van der Waals surface area contributed by atoms with E-state index < -0.39 is 5.38 Å².